The molecule has 0 saturated heterocycles. The van der Waals surface area contributed by atoms with Crippen molar-refractivity contribution in [3.05, 3.63) is 35.4 Å². The molecule has 0 heterocycles. The molecule has 0 spiro atoms. The van der Waals surface area contributed by atoms with Crippen LogP contribution in [0.3, 0.4) is 0 Å². The summed E-state index contributed by atoms with van der Waals surface area (Å²) in [4.78, 5) is 13.6. The average molecular weight is 249 g/mol. The number of hydrogen-bond donors (Lipinski definition) is 2. The van der Waals surface area contributed by atoms with Crippen molar-refractivity contribution in [2.75, 3.05) is 26.7 Å². The molecule has 0 fully saturated rings. The minimum absolute atomic E-state index is 0.0334. The maximum absolute atomic E-state index is 11.6. The predicted octanol–water partition coefficient (Wildman–Crippen LogP) is 1.06. The van der Waals surface area contributed by atoms with Crippen molar-refractivity contribution in [3.63, 3.8) is 0 Å². The van der Waals surface area contributed by atoms with Crippen LogP contribution in [0, 0.1) is 6.92 Å². The van der Waals surface area contributed by atoms with Crippen LogP contribution in [0.25, 0.3) is 0 Å². The first-order chi connectivity index (χ1) is 8.58. The van der Waals surface area contributed by atoms with Crippen LogP contribution in [-0.2, 0) is 4.79 Å². The minimum Gasteiger partial charge on any atom is -0.355 e. The van der Waals surface area contributed by atoms with Crippen molar-refractivity contribution in [2.24, 2.45) is 5.73 Å². The number of rotatable bonds is 6. The van der Waals surface area contributed by atoms with Gasteiger partial charge in [0.1, 0.15) is 0 Å². The highest BCUT2D eigenvalue weighted by molar-refractivity contribution is 5.77. The zero-order chi connectivity index (χ0) is 13.5. The van der Waals surface area contributed by atoms with Crippen LogP contribution in [0.4, 0.5) is 0 Å². The van der Waals surface area contributed by atoms with Gasteiger partial charge < -0.3 is 11.1 Å². The van der Waals surface area contributed by atoms with E-state index in [0.29, 0.717) is 19.6 Å². The fourth-order valence-electron chi connectivity index (χ4n) is 2.04. The lowest BCUT2D eigenvalue weighted by atomic mass is 10.0. The lowest BCUT2D eigenvalue weighted by molar-refractivity contribution is -0.122. The number of benzene rings is 1. The number of nitrogens with two attached hydrogens (primary N) is 1. The van der Waals surface area contributed by atoms with E-state index in [2.05, 4.69) is 30.4 Å². The Kier molecular flexibility index (Phi) is 5.82. The number of hydrogen-bond acceptors (Lipinski definition) is 3. The molecule has 0 aliphatic rings. The van der Waals surface area contributed by atoms with Gasteiger partial charge >= 0.3 is 0 Å². The van der Waals surface area contributed by atoms with Gasteiger partial charge in [-0.2, -0.15) is 0 Å². The number of nitrogens with zero attached hydrogens (tertiary/aromatic N) is 1. The van der Waals surface area contributed by atoms with Gasteiger partial charge in [0.15, 0.2) is 0 Å². The Balaban J connectivity index is 2.73. The van der Waals surface area contributed by atoms with Crippen LogP contribution in [0.5, 0.6) is 0 Å². The van der Waals surface area contributed by atoms with E-state index in [1.54, 1.807) is 0 Å². The highest BCUT2D eigenvalue weighted by Crippen LogP contribution is 2.18. The smallest absolute Gasteiger partial charge is 0.234 e. The summed E-state index contributed by atoms with van der Waals surface area (Å²) in [6, 6.07) is 8.33. The summed E-state index contributed by atoms with van der Waals surface area (Å²) < 4.78 is 0. The van der Waals surface area contributed by atoms with Crippen molar-refractivity contribution in [2.45, 2.75) is 19.9 Å². The molecule has 1 rings (SSSR count). The summed E-state index contributed by atoms with van der Waals surface area (Å²) in [7, 11) is 1.93. The normalized spacial score (nSPS) is 12.5. The summed E-state index contributed by atoms with van der Waals surface area (Å²) in [6.45, 7) is 5.49. The number of aryl methyl sites for hydroxylation is 1. The van der Waals surface area contributed by atoms with Gasteiger partial charge in [-0.15, -0.1) is 0 Å². The Morgan fingerprint density at radius 2 is 2.22 bits per heavy atom. The number of amides is 1. The highest BCUT2D eigenvalue weighted by atomic mass is 16.2. The van der Waals surface area contributed by atoms with E-state index in [9.17, 15) is 4.79 Å². The van der Waals surface area contributed by atoms with E-state index in [0.717, 1.165) is 5.56 Å². The zero-order valence-corrected chi connectivity index (χ0v) is 11.4. The molecule has 3 N–H and O–H groups in total. The molecule has 0 aliphatic carbocycles. The fourth-order valence-corrected chi connectivity index (χ4v) is 2.04. The molecule has 1 aromatic rings. The van der Waals surface area contributed by atoms with Crippen LogP contribution < -0.4 is 11.1 Å². The van der Waals surface area contributed by atoms with Crippen molar-refractivity contribution in [1.29, 1.82) is 0 Å². The molecule has 1 aromatic carbocycles. The molecule has 0 bridgehead atoms. The summed E-state index contributed by atoms with van der Waals surface area (Å²) in [5, 5.41) is 2.80. The van der Waals surface area contributed by atoms with E-state index in [1.165, 1.54) is 5.56 Å². The molecule has 1 atom stereocenters. The molecule has 0 saturated carbocycles. The molecule has 100 valence electrons. The lowest BCUT2D eigenvalue weighted by Gasteiger charge is -2.27. The third kappa shape index (κ3) is 4.13. The summed E-state index contributed by atoms with van der Waals surface area (Å²) in [6.07, 6.45) is 0. The Hall–Kier alpha value is -1.39. The van der Waals surface area contributed by atoms with E-state index in [1.807, 2.05) is 24.9 Å². The van der Waals surface area contributed by atoms with Gasteiger partial charge in [-0.25, -0.2) is 0 Å². The number of carbonyl (C=O) groups is 1. The molecular formula is C14H23N3O. The van der Waals surface area contributed by atoms with Gasteiger partial charge in [-0.1, -0.05) is 29.8 Å². The van der Waals surface area contributed by atoms with Crippen LogP contribution in [0.1, 0.15) is 24.1 Å². The third-order valence-electron chi connectivity index (χ3n) is 2.95. The second-order valence-electron chi connectivity index (χ2n) is 4.53. The van der Waals surface area contributed by atoms with Gasteiger partial charge in [0.2, 0.25) is 5.91 Å². The monoisotopic (exact) mass is 249 g/mol. The second kappa shape index (κ2) is 7.13. The predicted molar refractivity (Wildman–Crippen MR) is 74.3 cm³/mol. The van der Waals surface area contributed by atoms with Gasteiger partial charge in [0, 0.05) is 19.1 Å². The van der Waals surface area contributed by atoms with Crippen LogP contribution in [-0.4, -0.2) is 37.5 Å². The number of likely N-dealkylation sites (N-methyl/N-ethyl adjacent to an activating group) is 2. The van der Waals surface area contributed by atoms with Crippen LogP contribution >= 0.6 is 0 Å². The SMILES string of the molecule is CCNC(=O)CN(C)C(CN)c1cccc(C)c1. The van der Waals surface area contributed by atoms with Crippen molar-refractivity contribution in [3.8, 4) is 0 Å². The van der Waals surface area contributed by atoms with Gasteiger partial charge in [0.25, 0.3) is 0 Å². The average Bonchev–Trinajstić information content (AvgIpc) is 2.30. The second-order valence-corrected chi connectivity index (χ2v) is 4.53. The molecule has 0 aliphatic heterocycles. The molecule has 1 amide bonds. The van der Waals surface area contributed by atoms with Gasteiger partial charge in [0.05, 0.1) is 6.54 Å². The first kappa shape index (κ1) is 14.7. The Morgan fingerprint density at radius 1 is 1.50 bits per heavy atom. The summed E-state index contributed by atoms with van der Waals surface area (Å²) in [5.41, 5.74) is 8.19. The topological polar surface area (TPSA) is 58.4 Å². The minimum atomic E-state index is 0.0334. The lowest BCUT2D eigenvalue weighted by Crippen LogP contribution is -2.39. The third-order valence-corrected chi connectivity index (χ3v) is 2.95. The molecule has 1 unspecified atom stereocenters. The molecule has 4 nitrogen and oxygen atoms in total. The first-order valence-electron chi connectivity index (χ1n) is 6.32. The Labute approximate surface area is 109 Å². The van der Waals surface area contributed by atoms with Crippen LogP contribution in [0.15, 0.2) is 24.3 Å². The maximum Gasteiger partial charge on any atom is 0.234 e. The van der Waals surface area contributed by atoms with E-state index in [-0.39, 0.29) is 11.9 Å². The highest BCUT2D eigenvalue weighted by Gasteiger charge is 2.17. The quantitative estimate of drug-likeness (QED) is 0.792. The molecule has 4 heteroatoms. The van der Waals surface area contributed by atoms with E-state index >= 15 is 0 Å². The number of carbonyl (C=O) groups excluding carboxylic acids is 1. The largest absolute Gasteiger partial charge is 0.355 e. The van der Waals surface area contributed by atoms with Crippen molar-refractivity contribution >= 4 is 5.91 Å². The maximum atomic E-state index is 11.6. The van der Waals surface area contributed by atoms with Crippen molar-refractivity contribution < 1.29 is 4.79 Å². The van der Waals surface area contributed by atoms with Gasteiger partial charge in [-0.3, -0.25) is 9.69 Å². The summed E-state index contributed by atoms with van der Waals surface area (Å²) in [5.74, 6) is 0.0334. The van der Waals surface area contributed by atoms with Crippen LogP contribution in [0.2, 0.25) is 0 Å². The first-order valence-corrected chi connectivity index (χ1v) is 6.32. The molecule has 18 heavy (non-hydrogen) atoms. The zero-order valence-electron chi connectivity index (χ0n) is 11.4. The van der Waals surface area contributed by atoms with E-state index in [4.69, 9.17) is 5.73 Å². The molecule has 0 radical (unpaired) electrons. The molecule has 0 aromatic heterocycles. The summed E-state index contributed by atoms with van der Waals surface area (Å²) >= 11 is 0. The van der Waals surface area contributed by atoms with E-state index < -0.39 is 0 Å². The Bertz CT molecular complexity index is 392. The Morgan fingerprint density at radius 3 is 2.78 bits per heavy atom. The standard InChI is InChI=1S/C14H23N3O/c1-4-16-14(18)10-17(3)13(9-15)12-7-5-6-11(2)8-12/h5-8,13H,4,9-10,15H2,1-3H3,(H,16,18). The molecular weight excluding hydrogens is 226 g/mol. The fraction of sp³-hybridized carbons (Fsp3) is 0.500. The number of nitrogens with one attached hydrogen (secondary N) is 1. The van der Waals surface area contributed by atoms with Gasteiger partial charge in [-0.05, 0) is 26.5 Å². The van der Waals surface area contributed by atoms with Crippen molar-refractivity contribution in [1.82, 2.24) is 10.2 Å².